The van der Waals surface area contributed by atoms with E-state index in [0.717, 1.165) is 12.8 Å². The minimum absolute atomic E-state index is 0. The van der Waals surface area contributed by atoms with Gasteiger partial charge in [0.1, 0.15) is 30.0 Å². The quantitative estimate of drug-likeness (QED) is 0.0643. The fourth-order valence-corrected chi connectivity index (χ4v) is 9.78. The van der Waals surface area contributed by atoms with Gasteiger partial charge >= 0.3 is 11.9 Å². The van der Waals surface area contributed by atoms with Crippen LogP contribution in [0.1, 0.15) is 95.1 Å². The van der Waals surface area contributed by atoms with Crippen LogP contribution >= 0.6 is 0 Å². The van der Waals surface area contributed by atoms with E-state index in [1.807, 2.05) is 6.92 Å². The Balaban J connectivity index is 0.00000384. The summed E-state index contributed by atoms with van der Waals surface area (Å²) in [6, 6.07) is 15.2. The Hall–Kier alpha value is -1.77. The number of unbranched alkanes of at least 4 members (excludes halogenated alkanes) is 2. The number of ketones is 1. The zero-order valence-electron chi connectivity index (χ0n) is 33.8. The molecule has 3 fully saturated rings. The van der Waals surface area contributed by atoms with Gasteiger partial charge in [0.25, 0.3) is 12.4 Å². The van der Waals surface area contributed by atoms with Crippen molar-refractivity contribution < 1.29 is 145 Å². The van der Waals surface area contributed by atoms with E-state index in [2.05, 4.69) is 5.32 Å². The molecule has 4 aliphatic rings. The van der Waals surface area contributed by atoms with Crippen LogP contribution in [0, 0.1) is 98.5 Å². The minimum Gasteiger partial charge on any atom is -0.461 e. The van der Waals surface area contributed by atoms with Crippen LogP contribution in [0.2, 0.25) is 0 Å². The summed E-state index contributed by atoms with van der Waals surface area (Å²) in [5.74, 6) is -4.70. The molecule has 2 bridgehead atoms. The minimum atomic E-state index is -2.27. The number of carbonyl (C=O) groups excluding carboxylic acids is 5. The number of rotatable bonds is 13. The number of fused-ring (bicyclic) bond motifs is 5. The zero-order chi connectivity index (χ0) is 41.5. The topological polar surface area (TPSA) is 215 Å². The van der Waals surface area contributed by atoms with Gasteiger partial charge in [0, 0.05) is 112 Å². The molecule has 1 heterocycles. The van der Waals surface area contributed by atoms with Crippen molar-refractivity contribution in [1.82, 2.24) is 5.32 Å². The van der Waals surface area contributed by atoms with Gasteiger partial charge in [-0.25, -0.2) is 4.79 Å². The average molecular weight is 1060 g/mol. The van der Waals surface area contributed by atoms with Crippen LogP contribution in [0.15, 0.2) is 71.8 Å². The van der Waals surface area contributed by atoms with E-state index in [9.17, 15) is 44.4 Å². The van der Waals surface area contributed by atoms with Crippen LogP contribution in [0.5, 0.6) is 0 Å². The maximum atomic E-state index is 14.8. The molecule has 11 atom stereocenters. The molecule has 1 unspecified atom stereocenters. The summed E-state index contributed by atoms with van der Waals surface area (Å²) >= 11 is 0. The fourth-order valence-electron chi connectivity index (χ4n) is 9.78. The Morgan fingerprint density at radius 1 is 1.02 bits per heavy atom. The first-order valence-corrected chi connectivity index (χ1v) is 19.6. The van der Waals surface area contributed by atoms with Crippen LogP contribution < -0.4 is 5.32 Å². The van der Waals surface area contributed by atoms with Crippen molar-refractivity contribution in [3.63, 3.8) is 0 Å². The third-order valence-electron chi connectivity index (χ3n) is 13.1. The molecule has 1 saturated heterocycles. The number of hydrogen-bond acceptors (Lipinski definition) is 13. The van der Waals surface area contributed by atoms with Gasteiger partial charge in [-0.15, -0.1) is 0 Å². The van der Waals surface area contributed by atoms with Gasteiger partial charge < -0.3 is 44.7 Å². The standard InChI is InChI=1S/C43H53NO13.Ac.Ar/c1-6-7-10-19-30(47)57-42-22-54-29(42)20-28(46)41(5)35(42)37(55-23-45)43(53)21-27(24(2)31(40(43,3)4)33(48)36(41)50)56-39(52)34(49)32(25-15-11-8-12-16-25)44-38(51)26-17-13-9-14-18-26;;/h8-9,11-18,23,27-29,32-35,37,46,48-49,53H,6-7,10,19-22H2,1-5H3,(H,44,51);;/t27-,28-,29?,32-,33+,34+,35-,37-,41+,42-,43+;;/m0../s1. The fraction of sp³-hybridized carbons (Fsp3) is 0.558. The second-order valence-corrected chi connectivity index (χ2v) is 16.6. The molecule has 14 nitrogen and oxygen atoms in total. The predicted octanol–water partition coefficient (Wildman–Crippen LogP) is 3.04. The van der Waals surface area contributed by atoms with Crippen LogP contribution in [0.25, 0.3) is 0 Å². The summed E-state index contributed by atoms with van der Waals surface area (Å²) in [5.41, 5.74) is -6.64. The van der Waals surface area contributed by atoms with E-state index in [0.29, 0.717) is 12.0 Å². The van der Waals surface area contributed by atoms with E-state index in [4.69, 9.17) is 18.9 Å². The molecule has 3 aliphatic carbocycles. The Labute approximate surface area is 409 Å². The molecule has 2 saturated carbocycles. The largest absolute Gasteiger partial charge is 0.461 e. The summed E-state index contributed by atoms with van der Waals surface area (Å²) in [4.78, 5) is 68.1. The first-order valence-electron chi connectivity index (χ1n) is 19.6. The Morgan fingerprint density at radius 2 is 1.64 bits per heavy atom. The van der Waals surface area contributed by atoms with E-state index >= 15 is 0 Å². The van der Waals surface area contributed by atoms with Crippen LogP contribution in [-0.2, 0) is 38.1 Å². The summed E-state index contributed by atoms with van der Waals surface area (Å²) < 4.78 is 23.8. The summed E-state index contributed by atoms with van der Waals surface area (Å²) in [6.07, 6.45) is -7.98. The van der Waals surface area contributed by atoms with Gasteiger partial charge in [-0.05, 0) is 49.1 Å². The maximum Gasteiger partial charge on any atom is 0.338 e. The number of aliphatic hydroxyl groups excluding tert-OH is 3. The van der Waals surface area contributed by atoms with Crippen molar-refractivity contribution in [2.45, 2.75) is 127 Å². The van der Waals surface area contributed by atoms with Crippen molar-refractivity contribution in [2.75, 3.05) is 6.61 Å². The maximum absolute atomic E-state index is 14.8. The number of amides is 1. The molecule has 59 heavy (non-hydrogen) atoms. The number of ether oxygens (including phenoxy) is 4. The molecular weight excluding hydrogens is 1010 g/mol. The van der Waals surface area contributed by atoms with E-state index in [1.165, 1.54) is 13.8 Å². The number of carbonyl (C=O) groups is 5. The van der Waals surface area contributed by atoms with Crippen molar-refractivity contribution in [3.8, 4) is 0 Å². The third-order valence-corrected chi connectivity index (χ3v) is 13.1. The normalized spacial score (nSPS) is 32.7. The molecule has 1 amide bonds. The van der Waals surface area contributed by atoms with Gasteiger partial charge in [-0.1, -0.05) is 82.1 Å². The van der Waals surface area contributed by atoms with Gasteiger partial charge in [0.2, 0.25) is 0 Å². The molecular formula is C43H53AcArNO13. The van der Waals surface area contributed by atoms with Crippen molar-refractivity contribution in [3.05, 3.63) is 82.9 Å². The number of hydrogen-bond donors (Lipinski definition) is 5. The van der Waals surface area contributed by atoms with Crippen molar-refractivity contribution >= 4 is 30.1 Å². The SMILES string of the molecule is CCCCCC(=O)O[C@@]12COC1C[C@H](O)[C@@]1(C)C(=O)[C@H](O)C3=C(C)[C@@H](OC(=O)[C@H](O)[C@@H](NC(=O)c4ccccc4)c4ccccc4)C[C@@](O)([C@@H](OC=O)[C@@H]12)C3(C)C.[Ac].[Ar]. The van der Waals surface area contributed by atoms with E-state index in [-0.39, 0.29) is 124 Å². The third kappa shape index (κ3) is 8.78. The van der Waals surface area contributed by atoms with E-state index < -0.39 is 101 Å². The van der Waals surface area contributed by atoms with Crippen LogP contribution in [0.4, 0.5) is 0 Å². The van der Waals surface area contributed by atoms with Gasteiger partial charge in [-0.3, -0.25) is 19.2 Å². The monoisotopic (exact) mass is 1060 g/mol. The first kappa shape index (κ1) is 49.9. The number of aliphatic hydroxyl groups is 4. The van der Waals surface area contributed by atoms with Gasteiger partial charge in [0.05, 0.1) is 30.1 Å². The smallest absolute Gasteiger partial charge is 0.338 e. The zero-order valence-corrected chi connectivity index (χ0v) is 39.3. The second-order valence-electron chi connectivity index (χ2n) is 16.6. The summed E-state index contributed by atoms with van der Waals surface area (Å²) in [5, 5.41) is 51.3. The van der Waals surface area contributed by atoms with E-state index in [1.54, 1.807) is 74.5 Å². The van der Waals surface area contributed by atoms with Crippen molar-refractivity contribution in [2.24, 2.45) is 16.7 Å². The average Bonchev–Trinajstić information content (AvgIpc) is 3.18. The molecule has 2 aromatic rings. The number of nitrogens with one attached hydrogen (secondary N) is 1. The number of Topliss-reactive ketones (excluding diaryl/α,β-unsaturated/α-hetero) is 1. The Bertz CT molecular complexity index is 1900. The predicted molar refractivity (Wildman–Crippen MR) is 202 cm³/mol. The summed E-state index contributed by atoms with van der Waals surface area (Å²) in [7, 11) is 0. The summed E-state index contributed by atoms with van der Waals surface area (Å²) in [6.45, 7) is 7.88. The van der Waals surface area contributed by atoms with Crippen LogP contribution in [-0.4, -0.2) is 105 Å². The van der Waals surface area contributed by atoms with Gasteiger partial charge in [-0.2, -0.15) is 0 Å². The number of esters is 2. The molecule has 6 rings (SSSR count). The molecule has 0 spiro atoms. The molecule has 5 N–H and O–H groups in total. The first-order chi connectivity index (χ1) is 27.0. The molecule has 1 aliphatic heterocycles. The molecule has 319 valence electrons. The Morgan fingerprint density at radius 3 is 2.22 bits per heavy atom. The molecule has 1 radical (unpaired) electrons. The second kappa shape index (κ2) is 19.7. The Kier molecular flexibility index (Phi) is 16.7. The number of benzene rings is 2. The van der Waals surface area contributed by atoms with Crippen LogP contribution in [0.3, 0.4) is 0 Å². The molecule has 0 aromatic heterocycles. The van der Waals surface area contributed by atoms with Crippen molar-refractivity contribution in [1.29, 1.82) is 0 Å². The molecule has 16 heteroatoms. The van der Waals surface area contributed by atoms with Gasteiger partial charge in [0.15, 0.2) is 17.5 Å². The molecule has 2 aromatic carbocycles.